The lowest BCUT2D eigenvalue weighted by molar-refractivity contribution is -0.118. The van der Waals surface area contributed by atoms with Crippen LogP contribution in [0.5, 0.6) is 0 Å². The molecule has 0 saturated heterocycles. The van der Waals surface area contributed by atoms with Gasteiger partial charge in [0.05, 0.1) is 20.4 Å². The first kappa shape index (κ1) is 19.6. The number of benzene rings is 2. The Morgan fingerprint density at radius 2 is 1.81 bits per heavy atom. The van der Waals surface area contributed by atoms with E-state index in [0.29, 0.717) is 10.8 Å². The molecule has 27 heavy (non-hydrogen) atoms. The third kappa shape index (κ3) is 4.97. The van der Waals surface area contributed by atoms with Gasteiger partial charge < -0.3 is 5.32 Å². The summed E-state index contributed by atoms with van der Waals surface area (Å²) in [6.07, 6.45) is 0. The van der Waals surface area contributed by atoms with Gasteiger partial charge in [-0.15, -0.1) is 23.1 Å². The van der Waals surface area contributed by atoms with Crippen molar-refractivity contribution in [3.8, 4) is 0 Å². The lowest BCUT2D eigenvalue weighted by Gasteiger charge is -2.06. The maximum absolute atomic E-state index is 12.8. The quantitative estimate of drug-likeness (QED) is 0.592. The standard InChI is InChI=1S/C19H18N2O3S3/c1-14-7-9-16(10-8-14)27(23,24)18-19(26-13-21-18)25-12-17(22)20-11-15-5-3-2-4-6-15/h2-10,13H,11-12H2,1H3,(H,20,22). The van der Waals surface area contributed by atoms with Crippen molar-refractivity contribution in [1.82, 2.24) is 10.3 Å². The van der Waals surface area contributed by atoms with Crippen LogP contribution in [0.3, 0.4) is 0 Å². The molecule has 0 fully saturated rings. The first-order valence-electron chi connectivity index (χ1n) is 8.15. The molecule has 3 rings (SSSR count). The number of sulfone groups is 1. The van der Waals surface area contributed by atoms with Crippen molar-refractivity contribution in [2.75, 3.05) is 5.75 Å². The zero-order valence-corrected chi connectivity index (χ0v) is 17.0. The number of aryl methyl sites for hydroxylation is 1. The number of hydrogen-bond acceptors (Lipinski definition) is 6. The van der Waals surface area contributed by atoms with E-state index in [1.807, 2.05) is 37.3 Å². The fourth-order valence-corrected chi connectivity index (χ4v) is 6.01. The summed E-state index contributed by atoms with van der Waals surface area (Å²) >= 11 is 2.41. The minimum absolute atomic E-state index is 0.0113. The zero-order valence-electron chi connectivity index (χ0n) is 14.6. The van der Waals surface area contributed by atoms with Gasteiger partial charge in [-0.3, -0.25) is 4.79 Å². The summed E-state index contributed by atoms with van der Waals surface area (Å²) < 4.78 is 26.1. The van der Waals surface area contributed by atoms with E-state index in [2.05, 4.69) is 10.3 Å². The van der Waals surface area contributed by atoms with Crippen molar-refractivity contribution in [3.05, 3.63) is 71.2 Å². The van der Waals surface area contributed by atoms with E-state index < -0.39 is 9.84 Å². The maximum Gasteiger partial charge on any atom is 0.230 e. The first-order chi connectivity index (χ1) is 13.0. The minimum Gasteiger partial charge on any atom is -0.351 e. The summed E-state index contributed by atoms with van der Waals surface area (Å²) in [5, 5.41) is 2.84. The van der Waals surface area contributed by atoms with E-state index in [1.54, 1.807) is 24.3 Å². The lowest BCUT2D eigenvalue weighted by Crippen LogP contribution is -2.24. The number of aromatic nitrogens is 1. The van der Waals surface area contributed by atoms with E-state index >= 15 is 0 Å². The van der Waals surface area contributed by atoms with Crippen molar-refractivity contribution in [1.29, 1.82) is 0 Å². The second kappa shape index (κ2) is 8.69. The fourth-order valence-electron chi connectivity index (χ4n) is 2.31. The average Bonchev–Trinajstić information content (AvgIpc) is 3.15. The van der Waals surface area contributed by atoms with Gasteiger partial charge in [0.2, 0.25) is 15.7 Å². The van der Waals surface area contributed by atoms with Crippen molar-refractivity contribution in [3.63, 3.8) is 0 Å². The number of thiazole rings is 1. The third-order valence-corrected chi connectivity index (χ3v) is 7.85. The molecule has 0 radical (unpaired) electrons. The van der Waals surface area contributed by atoms with Gasteiger partial charge >= 0.3 is 0 Å². The molecule has 0 saturated carbocycles. The molecule has 0 aliphatic rings. The molecule has 1 aromatic heterocycles. The van der Waals surface area contributed by atoms with Gasteiger partial charge in [0, 0.05) is 6.54 Å². The highest BCUT2D eigenvalue weighted by atomic mass is 32.2. The summed E-state index contributed by atoms with van der Waals surface area (Å²) in [4.78, 5) is 16.3. The van der Waals surface area contributed by atoms with Crippen LogP contribution in [-0.2, 0) is 21.2 Å². The Hall–Kier alpha value is -2.16. The number of nitrogens with one attached hydrogen (secondary N) is 1. The minimum atomic E-state index is -3.70. The van der Waals surface area contributed by atoms with Gasteiger partial charge in [-0.2, -0.15) is 0 Å². The molecule has 1 N–H and O–H groups in total. The molecule has 0 atom stereocenters. The highest BCUT2D eigenvalue weighted by Gasteiger charge is 2.25. The first-order valence-corrected chi connectivity index (χ1v) is 11.5. The Kier molecular flexibility index (Phi) is 6.30. The van der Waals surface area contributed by atoms with Gasteiger partial charge in [0.15, 0.2) is 5.03 Å². The predicted molar refractivity (Wildman–Crippen MR) is 108 cm³/mol. The third-order valence-electron chi connectivity index (χ3n) is 3.76. The number of rotatable bonds is 7. The van der Waals surface area contributed by atoms with Crippen LogP contribution in [0, 0.1) is 6.92 Å². The number of nitrogens with zero attached hydrogens (tertiary/aromatic N) is 1. The van der Waals surface area contributed by atoms with Gasteiger partial charge in [0.1, 0.15) is 0 Å². The molecule has 1 heterocycles. The lowest BCUT2D eigenvalue weighted by atomic mass is 10.2. The molecular weight excluding hydrogens is 400 g/mol. The summed E-state index contributed by atoms with van der Waals surface area (Å²) in [7, 11) is -3.70. The summed E-state index contributed by atoms with van der Waals surface area (Å²) in [6.45, 7) is 2.34. The SMILES string of the molecule is Cc1ccc(S(=O)(=O)c2ncsc2SCC(=O)NCc2ccccc2)cc1. The second-order valence-electron chi connectivity index (χ2n) is 5.81. The van der Waals surface area contributed by atoms with Gasteiger partial charge in [-0.1, -0.05) is 48.0 Å². The van der Waals surface area contributed by atoms with Gasteiger partial charge in [0.25, 0.3) is 0 Å². The second-order valence-corrected chi connectivity index (χ2v) is 9.78. The Labute approximate surface area is 166 Å². The van der Waals surface area contributed by atoms with Crippen molar-refractivity contribution < 1.29 is 13.2 Å². The van der Waals surface area contributed by atoms with Crippen LogP contribution in [0.1, 0.15) is 11.1 Å². The largest absolute Gasteiger partial charge is 0.351 e. The summed E-state index contributed by atoms with van der Waals surface area (Å²) in [5.41, 5.74) is 3.49. The smallest absolute Gasteiger partial charge is 0.230 e. The Morgan fingerprint density at radius 3 is 2.52 bits per heavy atom. The van der Waals surface area contributed by atoms with Crippen LogP contribution in [0.15, 0.2) is 74.2 Å². The van der Waals surface area contributed by atoms with Crippen LogP contribution in [0.25, 0.3) is 0 Å². The number of hydrogen-bond donors (Lipinski definition) is 1. The molecule has 8 heteroatoms. The molecule has 0 unspecified atom stereocenters. The summed E-state index contributed by atoms with van der Waals surface area (Å²) in [5.74, 6) is -0.0261. The molecule has 5 nitrogen and oxygen atoms in total. The molecule has 0 aliphatic heterocycles. The van der Waals surface area contributed by atoms with Crippen molar-refractivity contribution in [2.24, 2.45) is 0 Å². The maximum atomic E-state index is 12.8. The number of thioether (sulfide) groups is 1. The number of amides is 1. The molecule has 0 bridgehead atoms. The highest BCUT2D eigenvalue weighted by molar-refractivity contribution is 8.02. The van der Waals surface area contributed by atoms with E-state index in [-0.39, 0.29) is 21.6 Å². The zero-order chi connectivity index (χ0) is 19.3. The average molecular weight is 419 g/mol. The molecule has 1 amide bonds. The van der Waals surface area contributed by atoms with Crippen LogP contribution in [-0.4, -0.2) is 25.1 Å². The number of carbonyl (C=O) groups is 1. The Bertz CT molecular complexity index is 1010. The van der Waals surface area contributed by atoms with Crippen LogP contribution >= 0.6 is 23.1 Å². The van der Waals surface area contributed by atoms with E-state index in [0.717, 1.165) is 11.1 Å². The van der Waals surface area contributed by atoms with Crippen molar-refractivity contribution in [2.45, 2.75) is 27.6 Å². The Morgan fingerprint density at radius 1 is 1.11 bits per heavy atom. The topological polar surface area (TPSA) is 76.1 Å². The van der Waals surface area contributed by atoms with E-state index in [9.17, 15) is 13.2 Å². The Balaban J connectivity index is 1.65. The van der Waals surface area contributed by atoms with Crippen LogP contribution < -0.4 is 5.32 Å². The monoisotopic (exact) mass is 418 g/mol. The molecular formula is C19H18N2O3S3. The molecule has 0 aliphatic carbocycles. The van der Waals surface area contributed by atoms with E-state index in [4.69, 9.17) is 0 Å². The normalized spacial score (nSPS) is 11.3. The van der Waals surface area contributed by atoms with Crippen LogP contribution in [0.2, 0.25) is 0 Å². The van der Waals surface area contributed by atoms with Gasteiger partial charge in [-0.25, -0.2) is 13.4 Å². The molecule has 140 valence electrons. The summed E-state index contributed by atoms with van der Waals surface area (Å²) in [6, 6.07) is 16.3. The van der Waals surface area contributed by atoms with Gasteiger partial charge in [-0.05, 0) is 24.6 Å². The van der Waals surface area contributed by atoms with Crippen molar-refractivity contribution >= 4 is 38.8 Å². The molecule has 2 aromatic carbocycles. The number of carbonyl (C=O) groups excluding carboxylic acids is 1. The van der Waals surface area contributed by atoms with E-state index in [1.165, 1.54) is 28.6 Å². The fraction of sp³-hybridized carbons (Fsp3) is 0.158. The van der Waals surface area contributed by atoms with Crippen LogP contribution in [0.4, 0.5) is 0 Å². The highest BCUT2D eigenvalue weighted by Crippen LogP contribution is 2.33. The molecule has 0 spiro atoms. The predicted octanol–water partition coefficient (Wildman–Crippen LogP) is 3.69. The molecule has 3 aromatic rings.